The van der Waals surface area contributed by atoms with Crippen molar-refractivity contribution in [2.45, 2.75) is 45.1 Å². The summed E-state index contributed by atoms with van der Waals surface area (Å²) in [7, 11) is 1.98. The quantitative estimate of drug-likeness (QED) is 0.739. The van der Waals surface area contributed by atoms with Gasteiger partial charge >= 0.3 is 0 Å². The lowest BCUT2D eigenvalue weighted by Gasteiger charge is -2.20. The molecule has 28 heavy (non-hydrogen) atoms. The number of nitrogens with one attached hydrogen (secondary N) is 1. The molecule has 0 radical (unpaired) electrons. The molecule has 1 aliphatic rings. The molecule has 2 aromatic heterocycles. The summed E-state index contributed by atoms with van der Waals surface area (Å²) in [6.07, 6.45) is 7.96. The van der Waals surface area contributed by atoms with Gasteiger partial charge in [0.25, 0.3) is 5.56 Å². The van der Waals surface area contributed by atoms with E-state index in [0.717, 1.165) is 48.2 Å². The molecule has 1 aromatic carbocycles. The zero-order chi connectivity index (χ0) is 19.5. The van der Waals surface area contributed by atoms with Crippen molar-refractivity contribution in [1.29, 1.82) is 0 Å². The Bertz CT molecular complexity index is 1040. The minimum atomic E-state index is -0.00558. The van der Waals surface area contributed by atoms with Gasteiger partial charge in [-0.1, -0.05) is 25.3 Å². The Kier molecular flexibility index (Phi) is 5.28. The Hall–Kier alpha value is -2.89. The zero-order valence-corrected chi connectivity index (χ0v) is 16.2. The zero-order valence-electron chi connectivity index (χ0n) is 16.2. The number of anilines is 1. The van der Waals surface area contributed by atoms with Crippen LogP contribution in [0.5, 0.6) is 0 Å². The number of hydrogen-bond acceptors (Lipinski definition) is 3. The number of hydrogen-bond donors (Lipinski definition) is 1. The predicted octanol–water partition coefficient (Wildman–Crippen LogP) is 3.50. The number of carbonyl (C=O) groups is 1. The maximum atomic E-state index is 12.5. The van der Waals surface area contributed by atoms with Crippen molar-refractivity contribution in [2.75, 3.05) is 5.32 Å². The fourth-order valence-corrected chi connectivity index (χ4v) is 4.03. The highest BCUT2D eigenvalue weighted by atomic mass is 16.2. The Morgan fingerprint density at radius 1 is 1.18 bits per heavy atom. The molecule has 6 heteroatoms. The molecule has 0 bridgehead atoms. The van der Waals surface area contributed by atoms with E-state index in [0.29, 0.717) is 13.0 Å². The normalized spacial score (nSPS) is 15.0. The van der Waals surface area contributed by atoms with E-state index in [-0.39, 0.29) is 17.4 Å². The number of fused-ring (bicyclic) bond motifs is 1. The topological polar surface area (TPSA) is 68.9 Å². The number of imidazole rings is 1. The van der Waals surface area contributed by atoms with E-state index in [1.807, 2.05) is 31.3 Å². The molecule has 0 spiro atoms. The minimum absolute atomic E-state index is 0.00558. The molecule has 0 saturated heterocycles. The molecule has 0 aliphatic heterocycles. The number of amides is 1. The van der Waals surface area contributed by atoms with Crippen molar-refractivity contribution in [3.05, 3.63) is 58.8 Å². The van der Waals surface area contributed by atoms with Crippen molar-refractivity contribution in [3.8, 4) is 0 Å². The molecule has 2 heterocycles. The van der Waals surface area contributed by atoms with Crippen molar-refractivity contribution >= 4 is 22.6 Å². The van der Waals surface area contributed by atoms with Crippen LogP contribution in [-0.4, -0.2) is 20.0 Å². The maximum Gasteiger partial charge on any atom is 0.250 e. The predicted molar refractivity (Wildman–Crippen MR) is 110 cm³/mol. The van der Waals surface area contributed by atoms with Gasteiger partial charge in [-0.25, -0.2) is 4.98 Å². The van der Waals surface area contributed by atoms with Crippen LogP contribution in [0, 0.1) is 5.92 Å². The number of carbonyl (C=O) groups excluding carboxylic acids is 1. The lowest BCUT2D eigenvalue weighted by atomic mass is 9.88. The van der Waals surface area contributed by atoms with Gasteiger partial charge in [0.15, 0.2) is 0 Å². The third-order valence-electron chi connectivity index (χ3n) is 5.69. The number of aryl methyl sites for hydroxylation is 3. The second kappa shape index (κ2) is 8.00. The molecule has 0 atom stereocenters. The number of pyridine rings is 1. The minimum Gasteiger partial charge on any atom is -0.331 e. The summed E-state index contributed by atoms with van der Waals surface area (Å²) < 4.78 is 3.74. The molecular formula is C22H26N4O2. The van der Waals surface area contributed by atoms with Gasteiger partial charge in [-0.15, -0.1) is 0 Å². The Morgan fingerprint density at radius 3 is 2.79 bits per heavy atom. The summed E-state index contributed by atoms with van der Waals surface area (Å²) in [5.74, 6) is 1.17. The number of nitrogens with zero attached hydrogens (tertiary/aromatic N) is 3. The molecule has 146 valence electrons. The molecule has 6 nitrogen and oxygen atoms in total. The van der Waals surface area contributed by atoms with E-state index < -0.39 is 0 Å². The SMILES string of the molecule is Cn1c(CCn2ccccc2=O)nc2cc(NC(=O)C3CCCCC3)ccc21. The van der Waals surface area contributed by atoms with Crippen LogP contribution in [0.25, 0.3) is 11.0 Å². The van der Waals surface area contributed by atoms with Crippen molar-refractivity contribution in [2.24, 2.45) is 13.0 Å². The van der Waals surface area contributed by atoms with Gasteiger partial charge < -0.3 is 14.5 Å². The molecule has 1 amide bonds. The molecule has 1 aliphatic carbocycles. The van der Waals surface area contributed by atoms with Crippen molar-refractivity contribution < 1.29 is 4.79 Å². The third-order valence-corrected chi connectivity index (χ3v) is 5.69. The van der Waals surface area contributed by atoms with Crippen LogP contribution >= 0.6 is 0 Å². The number of rotatable bonds is 5. The van der Waals surface area contributed by atoms with Gasteiger partial charge in [-0.05, 0) is 37.1 Å². The Morgan fingerprint density at radius 2 is 2.00 bits per heavy atom. The first-order chi connectivity index (χ1) is 13.6. The van der Waals surface area contributed by atoms with E-state index in [4.69, 9.17) is 4.98 Å². The van der Waals surface area contributed by atoms with E-state index in [1.165, 1.54) is 6.42 Å². The van der Waals surface area contributed by atoms with E-state index in [2.05, 4.69) is 9.88 Å². The van der Waals surface area contributed by atoms with Crippen LogP contribution in [0.1, 0.15) is 37.9 Å². The summed E-state index contributed by atoms with van der Waals surface area (Å²) in [4.78, 5) is 29.1. The molecule has 4 rings (SSSR count). The first-order valence-electron chi connectivity index (χ1n) is 10.0. The van der Waals surface area contributed by atoms with Crippen LogP contribution in [0.3, 0.4) is 0 Å². The van der Waals surface area contributed by atoms with Gasteiger partial charge in [0.1, 0.15) is 5.82 Å². The fraction of sp³-hybridized carbons (Fsp3) is 0.409. The molecule has 1 saturated carbocycles. The number of benzene rings is 1. The highest BCUT2D eigenvalue weighted by molar-refractivity contribution is 5.94. The summed E-state index contributed by atoms with van der Waals surface area (Å²) in [6, 6.07) is 11.0. The summed E-state index contributed by atoms with van der Waals surface area (Å²) >= 11 is 0. The maximum absolute atomic E-state index is 12.5. The van der Waals surface area contributed by atoms with Gasteiger partial charge in [-0.2, -0.15) is 0 Å². The average Bonchev–Trinajstić information content (AvgIpc) is 3.03. The summed E-state index contributed by atoms with van der Waals surface area (Å²) in [5.41, 5.74) is 2.67. The highest BCUT2D eigenvalue weighted by Crippen LogP contribution is 2.26. The van der Waals surface area contributed by atoms with Crippen molar-refractivity contribution in [3.63, 3.8) is 0 Å². The Labute approximate surface area is 164 Å². The second-order valence-electron chi connectivity index (χ2n) is 7.60. The number of aromatic nitrogens is 3. The standard InChI is InChI=1S/C22H26N4O2/c1-25-19-11-10-17(23-22(28)16-7-3-2-4-8-16)15-18(19)24-20(25)12-14-26-13-6-5-9-21(26)27/h5-6,9-11,13,15-16H,2-4,7-8,12,14H2,1H3,(H,23,28). The smallest absolute Gasteiger partial charge is 0.250 e. The van der Waals surface area contributed by atoms with Gasteiger partial charge in [0.05, 0.1) is 11.0 Å². The van der Waals surface area contributed by atoms with Crippen LogP contribution in [0.2, 0.25) is 0 Å². The summed E-state index contributed by atoms with van der Waals surface area (Å²) in [5, 5.41) is 3.06. The van der Waals surface area contributed by atoms with E-state index >= 15 is 0 Å². The average molecular weight is 378 g/mol. The van der Waals surface area contributed by atoms with Crippen LogP contribution < -0.4 is 10.9 Å². The molecular weight excluding hydrogens is 352 g/mol. The van der Waals surface area contributed by atoms with Crippen LogP contribution in [0.4, 0.5) is 5.69 Å². The monoisotopic (exact) mass is 378 g/mol. The van der Waals surface area contributed by atoms with Crippen LogP contribution in [-0.2, 0) is 24.8 Å². The first kappa shape index (κ1) is 18.5. The second-order valence-corrected chi connectivity index (χ2v) is 7.60. The lowest BCUT2D eigenvalue weighted by Crippen LogP contribution is -2.24. The van der Waals surface area contributed by atoms with Gasteiger partial charge in [0.2, 0.25) is 5.91 Å². The van der Waals surface area contributed by atoms with Gasteiger partial charge in [0, 0.05) is 43.9 Å². The van der Waals surface area contributed by atoms with Gasteiger partial charge in [-0.3, -0.25) is 9.59 Å². The Balaban J connectivity index is 1.49. The lowest BCUT2D eigenvalue weighted by molar-refractivity contribution is -0.120. The van der Waals surface area contributed by atoms with Crippen molar-refractivity contribution in [1.82, 2.24) is 14.1 Å². The third kappa shape index (κ3) is 3.86. The molecule has 3 aromatic rings. The molecule has 0 unspecified atom stereocenters. The molecule has 1 fully saturated rings. The first-order valence-corrected chi connectivity index (χ1v) is 10.0. The van der Waals surface area contributed by atoms with E-state index in [1.54, 1.807) is 22.9 Å². The summed E-state index contributed by atoms with van der Waals surface area (Å²) in [6.45, 7) is 0.585. The largest absolute Gasteiger partial charge is 0.331 e. The van der Waals surface area contributed by atoms with E-state index in [9.17, 15) is 9.59 Å². The van der Waals surface area contributed by atoms with Crippen LogP contribution in [0.15, 0.2) is 47.4 Å². The highest BCUT2D eigenvalue weighted by Gasteiger charge is 2.21. The molecule has 1 N–H and O–H groups in total. The fourth-order valence-electron chi connectivity index (χ4n) is 4.03.